The predicted molar refractivity (Wildman–Crippen MR) is 78.9 cm³/mol. The van der Waals surface area contributed by atoms with Crippen LogP contribution in [0.1, 0.15) is 0 Å². The zero-order valence-corrected chi connectivity index (χ0v) is 13.2. The number of aliphatic hydroxyl groups excluding tert-OH is 2. The molecule has 0 unspecified atom stereocenters. The van der Waals surface area contributed by atoms with E-state index < -0.39 is 6.16 Å². The number of hydrogen-bond acceptors (Lipinski definition) is 8. The Morgan fingerprint density at radius 2 is 0.696 bits per heavy atom. The van der Waals surface area contributed by atoms with E-state index in [4.69, 9.17) is 48.9 Å². The number of carbonyl (C=O) groups is 1. The Bertz CT molecular complexity index is 207. The SMILES string of the molecule is O=C(O)O.OCCOCCOCCOCCOCCOCCO. The van der Waals surface area contributed by atoms with Gasteiger partial charge in [0.2, 0.25) is 0 Å². The highest BCUT2D eigenvalue weighted by atomic mass is 16.6. The summed E-state index contributed by atoms with van der Waals surface area (Å²) in [4.78, 5) is 8.56. The summed E-state index contributed by atoms with van der Waals surface area (Å²) in [5.74, 6) is 0. The fourth-order valence-corrected chi connectivity index (χ4v) is 1.11. The van der Waals surface area contributed by atoms with Gasteiger partial charge in [0.05, 0.1) is 79.3 Å². The summed E-state index contributed by atoms with van der Waals surface area (Å²) in [6.07, 6.45) is -1.83. The Hall–Kier alpha value is -1.01. The van der Waals surface area contributed by atoms with Crippen LogP contribution in [-0.2, 0) is 23.7 Å². The van der Waals surface area contributed by atoms with Gasteiger partial charge in [-0.05, 0) is 0 Å². The predicted octanol–water partition coefficient (Wildman–Crippen LogP) is -0.724. The molecule has 0 aliphatic carbocycles. The minimum absolute atomic E-state index is 0.0359. The first-order chi connectivity index (χ1) is 11.1. The summed E-state index contributed by atoms with van der Waals surface area (Å²) in [5.41, 5.74) is 0. The second-order valence-electron chi connectivity index (χ2n) is 3.79. The van der Waals surface area contributed by atoms with Crippen molar-refractivity contribution in [3.05, 3.63) is 0 Å². The second-order valence-corrected chi connectivity index (χ2v) is 3.79. The van der Waals surface area contributed by atoms with Crippen molar-refractivity contribution in [1.82, 2.24) is 0 Å². The molecule has 0 aromatic carbocycles. The maximum absolute atomic E-state index is 8.56. The summed E-state index contributed by atoms with van der Waals surface area (Å²) in [6, 6.07) is 0. The second kappa shape index (κ2) is 23.3. The lowest BCUT2D eigenvalue weighted by molar-refractivity contribution is -0.0151. The molecule has 0 amide bonds. The van der Waals surface area contributed by atoms with E-state index in [-0.39, 0.29) is 13.2 Å². The molecule has 0 aliphatic rings. The molecule has 0 saturated carbocycles. The summed E-state index contributed by atoms with van der Waals surface area (Å²) in [6.45, 7) is 4.80. The molecule has 0 rings (SSSR count). The molecule has 10 heteroatoms. The van der Waals surface area contributed by atoms with Gasteiger partial charge in [-0.2, -0.15) is 0 Å². The average molecular weight is 344 g/mol. The van der Waals surface area contributed by atoms with Crippen molar-refractivity contribution in [2.75, 3.05) is 79.3 Å². The molecule has 140 valence electrons. The summed E-state index contributed by atoms with van der Waals surface area (Å²) >= 11 is 0. The zero-order valence-electron chi connectivity index (χ0n) is 13.2. The maximum atomic E-state index is 8.56. The van der Waals surface area contributed by atoms with Crippen LogP contribution in [0.15, 0.2) is 0 Å². The van der Waals surface area contributed by atoms with Gasteiger partial charge in [-0.3, -0.25) is 0 Å². The summed E-state index contributed by atoms with van der Waals surface area (Å²) in [7, 11) is 0. The zero-order chi connectivity index (χ0) is 17.6. The molecule has 10 nitrogen and oxygen atoms in total. The van der Waals surface area contributed by atoms with Gasteiger partial charge in [0.1, 0.15) is 0 Å². The molecule has 0 spiro atoms. The van der Waals surface area contributed by atoms with Crippen molar-refractivity contribution in [3.8, 4) is 0 Å². The molecule has 0 bridgehead atoms. The van der Waals surface area contributed by atoms with Crippen LogP contribution in [0.5, 0.6) is 0 Å². The number of carboxylic acid groups (broad SMARTS) is 2. The van der Waals surface area contributed by atoms with Crippen molar-refractivity contribution < 1.29 is 48.9 Å². The van der Waals surface area contributed by atoms with Gasteiger partial charge in [0.15, 0.2) is 0 Å². The highest BCUT2D eigenvalue weighted by Gasteiger charge is 1.92. The summed E-state index contributed by atoms with van der Waals surface area (Å²) in [5, 5.41) is 30.9. The molecule has 0 saturated heterocycles. The number of rotatable bonds is 16. The molecule has 0 atom stereocenters. The number of ether oxygens (including phenoxy) is 5. The lowest BCUT2D eigenvalue weighted by atomic mass is 10.7. The molecule has 0 fully saturated rings. The van der Waals surface area contributed by atoms with E-state index >= 15 is 0 Å². The molecular formula is C13H28O10. The maximum Gasteiger partial charge on any atom is 0.503 e. The van der Waals surface area contributed by atoms with Crippen molar-refractivity contribution in [2.45, 2.75) is 0 Å². The largest absolute Gasteiger partial charge is 0.503 e. The Kier molecular flexibility index (Phi) is 24.5. The summed E-state index contributed by atoms with van der Waals surface area (Å²) < 4.78 is 25.8. The molecule has 0 heterocycles. The first-order valence-electron chi connectivity index (χ1n) is 7.17. The van der Waals surface area contributed by atoms with Crippen molar-refractivity contribution in [3.63, 3.8) is 0 Å². The molecule has 0 radical (unpaired) electrons. The Balaban J connectivity index is 0. The van der Waals surface area contributed by atoms with Gasteiger partial charge in [-0.1, -0.05) is 0 Å². The normalized spacial score (nSPS) is 10.2. The van der Waals surface area contributed by atoms with Crippen LogP contribution in [0.4, 0.5) is 4.79 Å². The Labute approximate surface area is 135 Å². The van der Waals surface area contributed by atoms with Gasteiger partial charge < -0.3 is 44.1 Å². The molecular weight excluding hydrogens is 316 g/mol. The molecule has 4 N–H and O–H groups in total. The van der Waals surface area contributed by atoms with Gasteiger partial charge in [0, 0.05) is 0 Å². The first kappa shape index (κ1) is 24.2. The van der Waals surface area contributed by atoms with E-state index in [1.807, 2.05) is 0 Å². The van der Waals surface area contributed by atoms with Crippen LogP contribution in [0.2, 0.25) is 0 Å². The van der Waals surface area contributed by atoms with E-state index in [1.54, 1.807) is 0 Å². The molecule has 23 heavy (non-hydrogen) atoms. The van der Waals surface area contributed by atoms with Crippen molar-refractivity contribution in [1.29, 1.82) is 0 Å². The van der Waals surface area contributed by atoms with Gasteiger partial charge in [0.25, 0.3) is 0 Å². The lowest BCUT2D eigenvalue weighted by Crippen LogP contribution is -2.14. The minimum atomic E-state index is -1.83. The van der Waals surface area contributed by atoms with Gasteiger partial charge >= 0.3 is 6.16 Å². The quantitative estimate of drug-likeness (QED) is 0.265. The van der Waals surface area contributed by atoms with Crippen LogP contribution < -0.4 is 0 Å². The van der Waals surface area contributed by atoms with Crippen molar-refractivity contribution >= 4 is 6.16 Å². The third kappa shape index (κ3) is 33.7. The lowest BCUT2D eigenvalue weighted by Gasteiger charge is -2.07. The van der Waals surface area contributed by atoms with Crippen LogP contribution in [0.25, 0.3) is 0 Å². The molecule has 0 aromatic heterocycles. The molecule has 0 aliphatic heterocycles. The standard InChI is InChI=1S/C12H26O7.CH2O3/c13-1-3-15-5-7-17-9-11-19-12-10-18-8-6-16-4-2-14;2-1(3)4/h13-14H,1-12H2;(H2,2,3,4). The molecule has 0 aromatic rings. The highest BCUT2D eigenvalue weighted by Crippen LogP contribution is 1.83. The number of aliphatic hydroxyl groups is 2. The fraction of sp³-hybridized carbons (Fsp3) is 0.923. The number of hydrogen-bond donors (Lipinski definition) is 4. The van der Waals surface area contributed by atoms with Crippen LogP contribution in [-0.4, -0.2) is 106 Å². The Morgan fingerprint density at radius 3 is 0.870 bits per heavy atom. The van der Waals surface area contributed by atoms with Gasteiger partial charge in [-0.25, -0.2) is 4.79 Å². The minimum Gasteiger partial charge on any atom is -0.450 e. The van der Waals surface area contributed by atoms with E-state index in [0.717, 1.165) is 0 Å². The van der Waals surface area contributed by atoms with E-state index in [9.17, 15) is 0 Å². The first-order valence-corrected chi connectivity index (χ1v) is 7.17. The van der Waals surface area contributed by atoms with E-state index in [1.165, 1.54) is 0 Å². The third-order valence-corrected chi connectivity index (χ3v) is 1.96. The van der Waals surface area contributed by atoms with Crippen LogP contribution in [0, 0.1) is 0 Å². The third-order valence-electron chi connectivity index (χ3n) is 1.96. The van der Waals surface area contributed by atoms with Gasteiger partial charge in [-0.15, -0.1) is 0 Å². The topological polar surface area (TPSA) is 144 Å². The van der Waals surface area contributed by atoms with E-state index in [0.29, 0.717) is 66.1 Å². The average Bonchev–Trinajstić information content (AvgIpc) is 2.50. The van der Waals surface area contributed by atoms with Crippen LogP contribution >= 0.6 is 0 Å². The van der Waals surface area contributed by atoms with E-state index in [2.05, 4.69) is 0 Å². The van der Waals surface area contributed by atoms with Crippen molar-refractivity contribution in [2.24, 2.45) is 0 Å². The monoisotopic (exact) mass is 344 g/mol. The fourth-order valence-electron chi connectivity index (χ4n) is 1.11. The Morgan fingerprint density at radius 1 is 0.522 bits per heavy atom. The highest BCUT2D eigenvalue weighted by molar-refractivity contribution is 5.53. The smallest absolute Gasteiger partial charge is 0.450 e. The van der Waals surface area contributed by atoms with Crippen LogP contribution in [0.3, 0.4) is 0 Å².